The van der Waals surface area contributed by atoms with E-state index >= 15 is 0 Å². The van der Waals surface area contributed by atoms with E-state index in [4.69, 9.17) is 5.73 Å². The van der Waals surface area contributed by atoms with Crippen LogP contribution in [0.1, 0.15) is 24.0 Å². The van der Waals surface area contributed by atoms with E-state index < -0.39 is 0 Å². The Bertz CT molecular complexity index is 367. The van der Waals surface area contributed by atoms with Crippen molar-refractivity contribution in [3.05, 3.63) is 29.3 Å². The summed E-state index contributed by atoms with van der Waals surface area (Å²) in [5, 5.41) is 3.37. The number of nitrogens with two attached hydrogens (primary N) is 1. The van der Waals surface area contributed by atoms with Crippen LogP contribution in [0.5, 0.6) is 0 Å². The van der Waals surface area contributed by atoms with Crippen LogP contribution in [0.15, 0.2) is 18.2 Å². The zero-order chi connectivity index (χ0) is 9.60. The van der Waals surface area contributed by atoms with Gasteiger partial charge in [-0.2, -0.15) is 0 Å². The molecular weight excluding hydrogens is 172 g/mol. The number of fused-ring (bicyclic) bond motifs is 1. The molecule has 0 radical (unpaired) electrons. The van der Waals surface area contributed by atoms with Crippen LogP contribution in [-0.2, 0) is 12.8 Å². The molecule has 1 aliphatic heterocycles. The van der Waals surface area contributed by atoms with E-state index in [1.807, 2.05) is 0 Å². The van der Waals surface area contributed by atoms with Gasteiger partial charge in [0, 0.05) is 17.8 Å². The number of hydrogen-bond acceptors (Lipinski definition) is 2. The molecule has 1 saturated carbocycles. The molecule has 74 valence electrons. The molecule has 14 heavy (non-hydrogen) atoms. The average Bonchev–Trinajstić information content (AvgIpc) is 2.73. The normalized spacial score (nSPS) is 21.5. The minimum Gasteiger partial charge on any atom is -0.384 e. The topological polar surface area (TPSA) is 38.0 Å². The highest BCUT2D eigenvalue weighted by Crippen LogP contribution is 2.36. The second kappa shape index (κ2) is 2.74. The molecule has 1 heterocycles. The van der Waals surface area contributed by atoms with Crippen LogP contribution in [0.3, 0.4) is 0 Å². The summed E-state index contributed by atoms with van der Waals surface area (Å²) in [7, 11) is 0. The standard InChI is InChI=1S/C12H16N2/c13-12(4-5-12)8-9-1-2-11-10(7-9)3-6-14-11/h1-2,7,14H,3-6,8,13H2. The molecule has 1 aliphatic carbocycles. The third-order valence-electron chi connectivity index (χ3n) is 3.33. The summed E-state index contributed by atoms with van der Waals surface area (Å²) in [6.07, 6.45) is 4.62. The van der Waals surface area contributed by atoms with Crippen molar-refractivity contribution in [3.8, 4) is 0 Å². The molecule has 0 saturated heterocycles. The van der Waals surface area contributed by atoms with Gasteiger partial charge in [0.1, 0.15) is 0 Å². The molecule has 0 unspecified atom stereocenters. The van der Waals surface area contributed by atoms with E-state index in [1.54, 1.807) is 0 Å². The van der Waals surface area contributed by atoms with Crippen LogP contribution in [0.4, 0.5) is 5.69 Å². The smallest absolute Gasteiger partial charge is 0.0373 e. The molecule has 2 nitrogen and oxygen atoms in total. The highest BCUT2D eigenvalue weighted by Gasteiger charge is 2.37. The SMILES string of the molecule is NC1(Cc2ccc3c(c2)CCN3)CC1. The summed E-state index contributed by atoms with van der Waals surface area (Å²) >= 11 is 0. The van der Waals surface area contributed by atoms with Crippen LogP contribution in [-0.4, -0.2) is 12.1 Å². The number of hydrogen-bond donors (Lipinski definition) is 2. The second-order valence-electron chi connectivity index (χ2n) is 4.71. The minimum atomic E-state index is 0.139. The van der Waals surface area contributed by atoms with Crippen molar-refractivity contribution in [1.82, 2.24) is 0 Å². The van der Waals surface area contributed by atoms with Crippen molar-refractivity contribution in [2.24, 2.45) is 5.73 Å². The molecular formula is C12H16N2. The summed E-state index contributed by atoms with van der Waals surface area (Å²) in [5.41, 5.74) is 10.4. The van der Waals surface area contributed by atoms with Crippen LogP contribution in [0.25, 0.3) is 0 Å². The first-order chi connectivity index (χ1) is 6.75. The van der Waals surface area contributed by atoms with Crippen molar-refractivity contribution < 1.29 is 0 Å². The van der Waals surface area contributed by atoms with E-state index in [0.717, 1.165) is 13.0 Å². The van der Waals surface area contributed by atoms with Gasteiger partial charge in [0.05, 0.1) is 0 Å². The fourth-order valence-corrected chi connectivity index (χ4v) is 2.21. The zero-order valence-electron chi connectivity index (χ0n) is 8.34. The van der Waals surface area contributed by atoms with Gasteiger partial charge in [-0.25, -0.2) is 0 Å². The molecule has 3 N–H and O–H groups in total. The predicted octanol–water partition coefficient (Wildman–Crippen LogP) is 1.69. The fourth-order valence-electron chi connectivity index (χ4n) is 2.21. The van der Waals surface area contributed by atoms with Gasteiger partial charge in [-0.3, -0.25) is 0 Å². The van der Waals surface area contributed by atoms with E-state index in [0.29, 0.717) is 0 Å². The maximum atomic E-state index is 6.11. The summed E-state index contributed by atoms with van der Waals surface area (Å²) < 4.78 is 0. The molecule has 2 heteroatoms. The van der Waals surface area contributed by atoms with Gasteiger partial charge < -0.3 is 11.1 Å². The lowest BCUT2D eigenvalue weighted by Crippen LogP contribution is -2.24. The fraction of sp³-hybridized carbons (Fsp3) is 0.500. The molecule has 3 rings (SSSR count). The first kappa shape index (κ1) is 8.30. The van der Waals surface area contributed by atoms with Gasteiger partial charge in [-0.15, -0.1) is 0 Å². The van der Waals surface area contributed by atoms with E-state index in [9.17, 15) is 0 Å². The lowest BCUT2D eigenvalue weighted by molar-refractivity contribution is 0.672. The van der Waals surface area contributed by atoms with Gasteiger partial charge in [0.15, 0.2) is 0 Å². The third-order valence-corrected chi connectivity index (χ3v) is 3.33. The maximum absolute atomic E-state index is 6.11. The molecule has 0 bridgehead atoms. The Labute approximate surface area is 84.5 Å². The van der Waals surface area contributed by atoms with Crippen molar-refractivity contribution in [2.45, 2.75) is 31.2 Å². The van der Waals surface area contributed by atoms with Crippen molar-refractivity contribution in [1.29, 1.82) is 0 Å². The van der Waals surface area contributed by atoms with E-state index in [2.05, 4.69) is 23.5 Å². The lowest BCUT2D eigenvalue weighted by Gasteiger charge is -2.09. The Balaban J connectivity index is 1.85. The maximum Gasteiger partial charge on any atom is 0.0373 e. The molecule has 0 amide bonds. The molecule has 1 aromatic carbocycles. The molecule has 0 spiro atoms. The lowest BCUT2D eigenvalue weighted by atomic mass is 10.0. The molecule has 1 aromatic rings. The average molecular weight is 188 g/mol. The van der Waals surface area contributed by atoms with Crippen molar-refractivity contribution >= 4 is 5.69 Å². The number of nitrogens with one attached hydrogen (secondary N) is 1. The Morgan fingerprint density at radius 1 is 1.36 bits per heavy atom. The monoisotopic (exact) mass is 188 g/mol. The van der Waals surface area contributed by atoms with Gasteiger partial charge in [-0.05, 0) is 42.9 Å². The third kappa shape index (κ3) is 1.40. The van der Waals surface area contributed by atoms with Gasteiger partial charge in [-0.1, -0.05) is 12.1 Å². The summed E-state index contributed by atoms with van der Waals surface area (Å²) in [5.74, 6) is 0. The quantitative estimate of drug-likeness (QED) is 0.741. The van der Waals surface area contributed by atoms with Crippen LogP contribution in [0.2, 0.25) is 0 Å². The van der Waals surface area contributed by atoms with Crippen molar-refractivity contribution in [3.63, 3.8) is 0 Å². The van der Waals surface area contributed by atoms with Gasteiger partial charge >= 0.3 is 0 Å². The van der Waals surface area contributed by atoms with Crippen molar-refractivity contribution in [2.75, 3.05) is 11.9 Å². The minimum absolute atomic E-state index is 0.139. The number of rotatable bonds is 2. The number of anilines is 1. The molecule has 0 atom stereocenters. The summed E-state index contributed by atoms with van der Waals surface area (Å²) in [6, 6.07) is 6.73. The zero-order valence-corrected chi connectivity index (χ0v) is 8.34. The Morgan fingerprint density at radius 2 is 2.21 bits per heavy atom. The number of benzene rings is 1. The first-order valence-corrected chi connectivity index (χ1v) is 5.40. The summed E-state index contributed by atoms with van der Waals surface area (Å²) in [4.78, 5) is 0. The predicted molar refractivity (Wildman–Crippen MR) is 58.5 cm³/mol. The van der Waals surface area contributed by atoms with Crippen LogP contribution in [0, 0.1) is 0 Å². The second-order valence-corrected chi connectivity index (χ2v) is 4.71. The highest BCUT2D eigenvalue weighted by atomic mass is 14.9. The molecule has 2 aliphatic rings. The Kier molecular flexibility index (Phi) is 1.62. The van der Waals surface area contributed by atoms with E-state index in [-0.39, 0.29) is 5.54 Å². The van der Waals surface area contributed by atoms with Gasteiger partial charge in [0.2, 0.25) is 0 Å². The largest absolute Gasteiger partial charge is 0.384 e. The molecule has 0 aromatic heterocycles. The Hall–Kier alpha value is -1.02. The van der Waals surface area contributed by atoms with Crippen LogP contribution < -0.4 is 11.1 Å². The highest BCUT2D eigenvalue weighted by molar-refractivity contribution is 5.56. The Morgan fingerprint density at radius 3 is 3.00 bits per heavy atom. The molecule has 1 fully saturated rings. The summed E-state index contributed by atoms with van der Waals surface area (Å²) in [6.45, 7) is 1.09. The van der Waals surface area contributed by atoms with E-state index in [1.165, 1.54) is 36.1 Å². The van der Waals surface area contributed by atoms with Crippen LogP contribution >= 0.6 is 0 Å². The van der Waals surface area contributed by atoms with Gasteiger partial charge in [0.25, 0.3) is 0 Å². The first-order valence-electron chi connectivity index (χ1n) is 5.40.